The molecule has 0 aliphatic carbocycles. The fourth-order valence-corrected chi connectivity index (χ4v) is 5.90. The highest BCUT2D eigenvalue weighted by atomic mass is 32.2. The lowest BCUT2D eigenvalue weighted by Gasteiger charge is -2.16. The van der Waals surface area contributed by atoms with E-state index in [4.69, 9.17) is 4.42 Å². The smallest absolute Gasteiger partial charge is 0.295 e. The first kappa shape index (κ1) is 22.8. The van der Waals surface area contributed by atoms with E-state index in [-0.39, 0.29) is 17.0 Å². The molecule has 5 rings (SSSR count). The van der Waals surface area contributed by atoms with Crippen LogP contribution in [-0.2, 0) is 21.2 Å². The highest BCUT2D eigenvalue weighted by Gasteiger charge is 2.29. The summed E-state index contributed by atoms with van der Waals surface area (Å²) in [5.74, 6) is -0.441. The maximum absolute atomic E-state index is 12.8. The molecule has 0 saturated carbocycles. The number of benzene rings is 3. The van der Waals surface area contributed by atoms with Crippen LogP contribution in [0.2, 0.25) is 0 Å². The number of anilines is 1. The normalized spacial score (nSPS) is 14.4. The number of nitro groups is 1. The maximum Gasteiger partial charge on any atom is 0.295 e. The Morgan fingerprint density at radius 3 is 2.63 bits per heavy atom. The predicted molar refractivity (Wildman–Crippen MR) is 130 cm³/mol. The number of fused-ring (bicyclic) bond motifs is 3. The summed E-state index contributed by atoms with van der Waals surface area (Å²) in [7, 11) is -3.81. The van der Waals surface area contributed by atoms with Gasteiger partial charge in [-0.3, -0.25) is 25.8 Å². The van der Waals surface area contributed by atoms with E-state index in [1.54, 1.807) is 0 Å². The molecule has 35 heavy (non-hydrogen) atoms. The van der Waals surface area contributed by atoms with Crippen LogP contribution in [0.1, 0.15) is 18.4 Å². The Balaban J connectivity index is 1.34. The maximum atomic E-state index is 12.8. The molecule has 1 amide bonds. The lowest BCUT2D eigenvalue weighted by atomic mass is 10.0. The van der Waals surface area contributed by atoms with Crippen molar-refractivity contribution in [3.05, 3.63) is 76.5 Å². The lowest BCUT2D eigenvalue weighted by molar-refractivity contribution is -0.384. The Bertz CT molecular complexity index is 1560. The minimum Gasteiger partial charge on any atom is -0.464 e. The molecule has 4 aromatic rings. The van der Waals surface area contributed by atoms with Gasteiger partial charge in [0.2, 0.25) is 15.9 Å². The van der Waals surface area contributed by atoms with E-state index in [0.717, 1.165) is 35.1 Å². The lowest BCUT2D eigenvalue weighted by Crippen LogP contribution is -2.31. The first-order chi connectivity index (χ1) is 16.8. The molecule has 0 bridgehead atoms. The van der Waals surface area contributed by atoms with Crippen molar-refractivity contribution in [3.63, 3.8) is 0 Å². The highest BCUT2D eigenvalue weighted by molar-refractivity contribution is 7.89. The third-order valence-electron chi connectivity index (χ3n) is 6.10. The minimum absolute atomic E-state index is 0.0220. The molecule has 10 nitrogen and oxygen atoms in total. The van der Waals surface area contributed by atoms with Crippen molar-refractivity contribution in [1.29, 1.82) is 0 Å². The number of carbonyl (C=O) groups excluding carboxylic acids is 1. The molecule has 2 heterocycles. The number of nitrogens with zero attached hydrogens (tertiary/aromatic N) is 2. The standard InChI is InChI=1S/C24H22N4O6S/c29-23(13-17-15-34-22-10-7-16-5-1-2-6-19(16)24(17)22)26-25-20-9-8-18(14-21(20)28(30)31)35(32,33)27-11-3-4-12-27/h1-2,5-10,14-15,25H,3-4,11-13H2,(H,26,29). The summed E-state index contributed by atoms with van der Waals surface area (Å²) in [4.78, 5) is 23.4. The Labute approximate surface area is 200 Å². The molecule has 0 radical (unpaired) electrons. The highest BCUT2D eigenvalue weighted by Crippen LogP contribution is 2.31. The molecule has 1 fully saturated rings. The number of hydrogen-bond acceptors (Lipinski definition) is 7. The Kier molecular flexibility index (Phi) is 5.87. The molecule has 0 spiro atoms. The van der Waals surface area contributed by atoms with Gasteiger partial charge in [0.25, 0.3) is 5.69 Å². The average molecular weight is 495 g/mol. The van der Waals surface area contributed by atoms with Crippen molar-refractivity contribution in [2.45, 2.75) is 24.2 Å². The van der Waals surface area contributed by atoms with Crippen LogP contribution in [0.25, 0.3) is 21.7 Å². The molecule has 1 aromatic heterocycles. The minimum atomic E-state index is -3.81. The first-order valence-corrected chi connectivity index (χ1v) is 12.5. The molecule has 1 aliphatic rings. The van der Waals surface area contributed by atoms with E-state index < -0.39 is 26.5 Å². The number of hydrogen-bond donors (Lipinski definition) is 2. The Morgan fingerprint density at radius 2 is 1.86 bits per heavy atom. The number of nitrogens with one attached hydrogen (secondary N) is 2. The summed E-state index contributed by atoms with van der Waals surface area (Å²) in [5.41, 5.74) is 5.88. The van der Waals surface area contributed by atoms with E-state index >= 15 is 0 Å². The fourth-order valence-electron chi connectivity index (χ4n) is 4.36. The van der Waals surface area contributed by atoms with Gasteiger partial charge in [-0.1, -0.05) is 30.3 Å². The van der Waals surface area contributed by atoms with Crippen molar-refractivity contribution >= 4 is 49.0 Å². The number of rotatable bonds is 7. The van der Waals surface area contributed by atoms with Crippen molar-refractivity contribution in [3.8, 4) is 0 Å². The van der Waals surface area contributed by atoms with Crippen molar-refractivity contribution in [2.75, 3.05) is 18.5 Å². The van der Waals surface area contributed by atoms with Gasteiger partial charge in [-0.25, -0.2) is 8.42 Å². The number of amides is 1. The summed E-state index contributed by atoms with van der Waals surface area (Å²) in [6.07, 6.45) is 3.02. The number of carbonyl (C=O) groups is 1. The van der Waals surface area contributed by atoms with Crippen LogP contribution in [0, 0.1) is 10.1 Å². The van der Waals surface area contributed by atoms with Crippen LogP contribution in [0.3, 0.4) is 0 Å². The van der Waals surface area contributed by atoms with Crippen LogP contribution in [0.4, 0.5) is 11.4 Å². The molecule has 2 N–H and O–H groups in total. The van der Waals surface area contributed by atoms with Gasteiger partial charge in [0.1, 0.15) is 11.3 Å². The molecule has 0 unspecified atom stereocenters. The van der Waals surface area contributed by atoms with E-state index in [1.807, 2.05) is 36.4 Å². The third kappa shape index (κ3) is 4.31. The van der Waals surface area contributed by atoms with Gasteiger partial charge in [-0.05, 0) is 41.8 Å². The van der Waals surface area contributed by atoms with Crippen LogP contribution in [0.15, 0.2) is 70.2 Å². The van der Waals surface area contributed by atoms with E-state index in [1.165, 1.54) is 22.7 Å². The monoisotopic (exact) mass is 494 g/mol. The van der Waals surface area contributed by atoms with Crippen molar-refractivity contribution < 1.29 is 22.6 Å². The topological polar surface area (TPSA) is 135 Å². The second-order valence-corrected chi connectivity index (χ2v) is 10.3. The molecular weight excluding hydrogens is 472 g/mol. The number of sulfonamides is 1. The fraction of sp³-hybridized carbons (Fsp3) is 0.208. The molecular formula is C24H22N4O6S. The zero-order valence-electron chi connectivity index (χ0n) is 18.6. The van der Waals surface area contributed by atoms with Crippen molar-refractivity contribution in [1.82, 2.24) is 9.73 Å². The summed E-state index contributed by atoms with van der Waals surface area (Å²) >= 11 is 0. The molecule has 11 heteroatoms. The molecule has 3 aromatic carbocycles. The quantitative estimate of drug-likeness (QED) is 0.293. The Morgan fingerprint density at radius 1 is 1.09 bits per heavy atom. The van der Waals surface area contributed by atoms with E-state index in [9.17, 15) is 23.3 Å². The van der Waals surface area contributed by atoms with Gasteiger partial charge in [-0.2, -0.15) is 4.31 Å². The largest absolute Gasteiger partial charge is 0.464 e. The summed E-state index contributed by atoms with van der Waals surface area (Å²) < 4.78 is 32.5. The first-order valence-electron chi connectivity index (χ1n) is 11.1. The number of hydrazine groups is 1. The summed E-state index contributed by atoms with van der Waals surface area (Å²) in [6, 6.07) is 15.1. The van der Waals surface area contributed by atoms with E-state index in [2.05, 4.69) is 10.9 Å². The zero-order chi connectivity index (χ0) is 24.6. The van der Waals surface area contributed by atoms with Gasteiger partial charge in [-0.15, -0.1) is 0 Å². The zero-order valence-corrected chi connectivity index (χ0v) is 19.4. The van der Waals surface area contributed by atoms with Crippen molar-refractivity contribution in [2.24, 2.45) is 0 Å². The van der Waals surface area contributed by atoms with Gasteiger partial charge < -0.3 is 4.42 Å². The number of nitro benzene ring substituents is 1. The molecule has 0 atom stereocenters. The second-order valence-electron chi connectivity index (χ2n) is 8.32. The van der Waals surface area contributed by atoms with Crippen LogP contribution in [0.5, 0.6) is 0 Å². The van der Waals surface area contributed by atoms with Gasteiger partial charge in [0, 0.05) is 30.1 Å². The molecule has 1 saturated heterocycles. The van der Waals surface area contributed by atoms with E-state index in [0.29, 0.717) is 24.2 Å². The molecule has 180 valence electrons. The van der Waals surface area contributed by atoms with Gasteiger partial charge >= 0.3 is 0 Å². The van der Waals surface area contributed by atoms with Crippen LogP contribution >= 0.6 is 0 Å². The van der Waals surface area contributed by atoms with Crippen LogP contribution < -0.4 is 10.9 Å². The summed E-state index contributed by atoms with van der Waals surface area (Å²) in [6.45, 7) is 0.786. The average Bonchev–Trinajstić information content (AvgIpc) is 3.54. The summed E-state index contributed by atoms with van der Waals surface area (Å²) in [5, 5.41) is 14.4. The van der Waals surface area contributed by atoms with Gasteiger partial charge in [0.05, 0.1) is 22.5 Å². The third-order valence-corrected chi connectivity index (χ3v) is 7.99. The predicted octanol–water partition coefficient (Wildman–Crippen LogP) is 3.96. The Hall–Kier alpha value is -3.96. The van der Waals surface area contributed by atoms with Crippen LogP contribution in [-0.4, -0.2) is 36.6 Å². The second kappa shape index (κ2) is 9.01. The molecule has 1 aliphatic heterocycles. The number of furan rings is 1. The van der Waals surface area contributed by atoms with Gasteiger partial charge in [0.15, 0.2) is 0 Å². The SMILES string of the molecule is O=C(Cc1coc2ccc3ccccc3c12)NNc1ccc(S(=O)(=O)N2CCCC2)cc1[N+](=O)[O-].